The molecule has 1 atom stereocenters. The third-order valence-electron chi connectivity index (χ3n) is 3.84. The second kappa shape index (κ2) is 8.00. The van der Waals surface area contributed by atoms with E-state index >= 15 is 0 Å². The van der Waals surface area contributed by atoms with Gasteiger partial charge in [0.25, 0.3) is 11.8 Å². The molecule has 0 saturated carbocycles. The number of carbonyl (C=O) groups is 3. The summed E-state index contributed by atoms with van der Waals surface area (Å²) < 4.78 is 1.48. The number of nitrogens with zero attached hydrogens (tertiary/aromatic N) is 4. The normalized spacial score (nSPS) is 11.6. The Morgan fingerprint density at radius 1 is 1.04 bits per heavy atom. The maximum absolute atomic E-state index is 12.7. The fraction of sp³-hybridized carbons (Fsp3) is 0.111. The third kappa shape index (κ3) is 4.21. The van der Waals surface area contributed by atoms with E-state index in [0.29, 0.717) is 5.69 Å². The summed E-state index contributed by atoms with van der Waals surface area (Å²) in [5.74, 6) is -2.56. The van der Waals surface area contributed by atoms with E-state index < -0.39 is 23.6 Å². The molecule has 3 N–H and O–H groups in total. The van der Waals surface area contributed by atoms with E-state index in [2.05, 4.69) is 20.3 Å². The Labute approximate surface area is 154 Å². The number of primary amides is 1. The van der Waals surface area contributed by atoms with Crippen LogP contribution in [0.2, 0.25) is 0 Å². The predicted molar refractivity (Wildman–Crippen MR) is 94.8 cm³/mol. The van der Waals surface area contributed by atoms with Crippen molar-refractivity contribution < 1.29 is 14.4 Å². The van der Waals surface area contributed by atoms with Gasteiger partial charge in [0.1, 0.15) is 18.1 Å². The fourth-order valence-electron chi connectivity index (χ4n) is 2.55. The van der Waals surface area contributed by atoms with Crippen LogP contribution in [0.25, 0.3) is 5.69 Å². The van der Waals surface area contributed by atoms with Crippen LogP contribution in [0.1, 0.15) is 16.1 Å². The minimum Gasteiger partial charge on any atom is -0.363 e. The van der Waals surface area contributed by atoms with Gasteiger partial charge >= 0.3 is 0 Å². The molecule has 0 spiro atoms. The molecule has 1 aromatic carbocycles. The van der Waals surface area contributed by atoms with Crippen LogP contribution < -0.4 is 11.1 Å². The number of imidazole rings is 1. The van der Waals surface area contributed by atoms with E-state index in [0.717, 1.165) is 5.56 Å². The topological polar surface area (TPSA) is 133 Å². The number of aromatic nitrogens is 4. The van der Waals surface area contributed by atoms with Crippen LogP contribution in [0.3, 0.4) is 0 Å². The van der Waals surface area contributed by atoms with Gasteiger partial charge in [-0.05, 0) is 5.56 Å². The summed E-state index contributed by atoms with van der Waals surface area (Å²) in [5, 5.41) is 2.57. The summed E-state index contributed by atoms with van der Waals surface area (Å²) in [6, 6.07) is 7.92. The van der Waals surface area contributed by atoms with Crippen LogP contribution in [0.5, 0.6) is 0 Å². The van der Waals surface area contributed by atoms with Crippen molar-refractivity contribution in [2.75, 3.05) is 0 Å². The lowest BCUT2D eigenvalue weighted by atomic mass is 10.0. The lowest BCUT2D eigenvalue weighted by Crippen LogP contribution is -2.47. The summed E-state index contributed by atoms with van der Waals surface area (Å²) in [5.41, 5.74) is 6.61. The van der Waals surface area contributed by atoms with Crippen molar-refractivity contribution >= 4 is 17.6 Å². The number of hydrogen-bond acceptors (Lipinski definition) is 6. The van der Waals surface area contributed by atoms with Crippen molar-refractivity contribution in [2.24, 2.45) is 5.73 Å². The van der Waals surface area contributed by atoms with Gasteiger partial charge in [0, 0.05) is 6.42 Å². The van der Waals surface area contributed by atoms with Crippen LogP contribution in [-0.2, 0) is 16.0 Å². The summed E-state index contributed by atoms with van der Waals surface area (Å²) >= 11 is 0. The number of amides is 2. The second-order valence-electron chi connectivity index (χ2n) is 5.69. The van der Waals surface area contributed by atoms with E-state index in [4.69, 9.17) is 5.73 Å². The molecule has 2 heterocycles. The van der Waals surface area contributed by atoms with Crippen molar-refractivity contribution in [1.82, 2.24) is 24.8 Å². The monoisotopic (exact) mass is 364 g/mol. The average Bonchev–Trinajstić information content (AvgIpc) is 3.18. The first-order valence-corrected chi connectivity index (χ1v) is 8.02. The zero-order valence-corrected chi connectivity index (χ0v) is 14.1. The summed E-state index contributed by atoms with van der Waals surface area (Å²) in [6.07, 6.45) is 7.30. The first-order chi connectivity index (χ1) is 13.1. The van der Waals surface area contributed by atoms with E-state index in [1.807, 2.05) is 6.07 Å². The van der Waals surface area contributed by atoms with Gasteiger partial charge in [0.05, 0.1) is 30.6 Å². The number of ketones is 1. The van der Waals surface area contributed by atoms with Crippen LogP contribution in [-0.4, -0.2) is 43.2 Å². The minimum atomic E-state index is -1.11. The molecule has 0 bridgehead atoms. The molecule has 2 amide bonds. The van der Waals surface area contributed by atoms with E-state index in [1.54, 1.807) is 24.3 Å². The molecule has 9 heteroatoms. The molecule has 0 saturated heterocycles. The standard InChI is InChI=1S/C18H16N6O3/c19-17(26)16(25)14(6-12-4-2-1-3-5-12)23-18(27)15-9-22-11-24(15)13-7-20-10-21-8-13/h1-5,7-11,14H,6H2,(H2,19,26)(H,23,27). The zero-order valence-electron chi connectivity index (χ0n) is 14.1. The van der Waals surface area contributed by atoms with Crippen molar-refractivity contribution in [3.63, 3.8) is 0 Å². The van der Waals surface area contributed by atoms with Crippen molar-refractivity contribution in [1.29, 1.82) is 0 Å². The SMILES string of the molecule is NC(=O)C(=O)C(Cc1ccccc1)NC(=O)c1cncn1-c1cncnc1. The molecule has 0 aliphatic heterocycles. The lowest BCUT2D eigenvalue weighted by molar-refractivity contribution is -0.137. The largest absolute Gasteiger partial charge is 0.363 e. The Hall–Kier alpha value is -3.88. The zero-order chi connectivity index (χ0) is 19.2. The number of Topliss-reactive ketones (excluding diaryl/α,β-unsaturated/α-hetero) is 1. The summed E-state index contributed by atoms with van der Waals surface area (Å²) in [7, 11) is 0. The molecular weight excluding hydrogens is 348 g/mol. The van der Waals surface area contributed by atoms with Crippen LogP contribution in [0, 0.1) is 0 Å². The van der Waals surface area contributed by atoms with Gasteiger partial charge in [0.2, 0.25) is 5.78 Å². The van der Waals surface area contributed by atoms with Gasteiger partial charge in [0.15, 0.2) is 0 Å². The molecule has 0 aliphatic carbocycles. The fourth-order valence-corrected chi connectivity index (χ4v) is 2.55. The molecule has 0 fully saturated rings. The molecule has 3 aromatic rings. The van der Waals surface area contributed by atoms with Gasteiger partial charge in [-0.15, -0.1) is 0 Å². The van der Waals surface area contributed by atoms with Gasteiger partial charge in [-0.2, -0.15) is 0 Å². The first kappa shape index (κ1) is 17.9. The maximum atomic E-state index is 12.7. The van der Waals surface area contributed by atoms with Gasteiger partial charge < -0.3 is 11.1 Å². The minimum absolute atomic E-state index is 0.136. The Morgan fingerprint density at radius 3 is 2.41 bits per heavy atom. The number of rotatable bonds is 7. The van der Waals surface area contributed by atoms with Crippen molar-refractivity contribution in [2.45, 2.75) is 12.5 Å². The van der Waals surface area contributed by atoms with Crippen molar-refractivity contribution in [3.05, 3.63) is 72.8 Å². The molecular formula is C18H16N6O3. The lowest BCUT2D eigenvalue weighted by Gasteiger charge is -2.17. The molecule has 0 radical (unpaired) electrons. The van der Waals surface area contributed by atoms with Crippen molar-refractivity contribution in [3.8, 4) is 5.69 Å². The predicted octanol–water partition coefficient (Wildman–Crippen LogP) is 0.0578. The van der Waals surface area contributed by atoms with Crippen LogP contribution in [0.4, 0.5) is 0 Å². The number of benzene rings is 1. The molecule has 3 rings (SSSR count). The van der Waals surface area contributed by atoms with E-state index in [9.17, 15) is 14.4 Å². The smallest absolute Gasteiger partial charge is 0.287 e. The third-order valence-corrected chi connectivity index (χ3v) is 3.84. The summed E-state index contributed by atoms with van der Waals surface area (Å²) in [4.78, 5) is 48.0. The summed E-state index contributed by atoms with van der Waals surface area (Å²) in [6.45, 7) is 0. The Kier molecular flexibility index (Phi) is 5.31. The van der Waals surface area contributed by atoms with Gasteiger partial charge in [-0.1, -0.05) is 30.3 Å². The molecule has 27 heavy (non-hydrogen) atoms. The highest BCUT2D eigenvalue weighted by atomic mass is 16.2. The van der Waals surface area contributed by atoms with Gasteiger partial charge in [-0.3, -0.25) is 19.0 Å². The van der Waals surface area contributed by atoms with Gasteiger partial charge in [-0.25, -0.2) is 15.0 Å². The highest BCUT2D eigenvalue weighted by Gasteiger charge is 2.27. The Morgan fingerprint density at radius 2 is 1.74 bits per heavy atom. The van der Waals surface area contributed by atoms with E-state index in [1.165, 1.54) is 35.8 Å². The molecule has 1 unspecified atom stereocenters. The quantitative estimate of drug-likeness (QED) is 0.570. The number of nitrogens with two attached hydrogens (primary N) is 1. The Balaban J connectivity index is 1.84. The first-order valence-electron chi connectivity index (χ1n) is 8.02. The average molecular weight is 364 g/mol. The van der Waals surface area contributed by atoms with E-state index in [-0.39, 0.29) is 12.1 Å². The van der Waals surface area contributed by atoms with Crippen LogP contribution in [0.15, 0.2) is 61.6 Å². The molecule has 9 nitrogen and oxygen atoms in total. The second-order valence-corrected chi connectivity index (χ2v) is 5.69. The highest BCUT2D eigenvalue weighted by molar-refractivity contribution is 6.38. The number of nitrogens with one attached hydrogen (secondary N) is 1. The highest BCUT2D eigenvalue weighted by Crippen LogP contribution is 2.10. The molecule has 136 valence electrons. The Bertz CT molecular complexity index is 955. The molecule has 0 aliphatic rings. The van der Waals surface area contributed by atoms with Crippen LogP contribution >= 0.6 is 0 Å². The number of hydrogen-bond donors (Lipinski definition) is 2. The number of carbonyl (C=O) groups excluding carboxylic acids is 3. The molecule has 2 aromatic heterocycles. The maximum Gasteiger partial charge on any atom is 0.287 e.